The minimum atomic E-state index is -0.976. The molecule has 2 N–H and O–H groups in total. The van der Waals surface area contributed by atoms with Crippen LogP contribution >= 0.6 is 0 Å². The Hall–Kier alpha value is -3.39. The van der Waals surface area contributed by atoms with Crippen molar-refractivity contribution in [1.82, 2.24) is 10.2 Å². The van der Waals surface area contributed by atoms with E-state index in [0.717, 1.165) is 22.3 Å². The lowest BCUT2D eigenvalue weighted by Gasteiger charge is -2.33. The van der Waals surface area contributed by atoms with Crippen molar-refractivity contribution in [2.24, 2.45) is 11.8 Å². The number of amides is 2. The molecule has 186 valence electrons. The van der Waals surface area contributed by atoms with Crippen molar-refractivity contribution in [2.45, 2.75) is 38.8 Å². The predicted molar refractivity (Wildman–Crippen MR) is 130 cm³/mol. The standard InChI is InChI=1S/C27H32N2O6/c1-4-29(24-15-34-13-23(24)26(31)32)25(30)16(2)17(3)28-27(33)35-14-22-20-11-7-5-9-18(20)19-10-6-8-12-21(19)22/h5-12,16-17,22-24H,4,13-15H2,1-3H3,(H,28,33)(H,31,32). The number of likely N-dealkylation sites (N-methyl/N-ethyl adjacent to an activating group) is 1. The topological polar surface area (TPSA) is 105 Å². The molecule has 8 nitrogen and oxygen atoms in total. The number of carbonyl (C=O) groups excluding carboxylic acids is 2. The number of hydrogen-bond acceptors (Lipinski definition) is 5. The SMILES string of the molecule is CCN(C(=O)C(C)C(C)NC(=O)OCC1c2ccccc2-c2ccccc21)C1COCC1C(=O)O. The molecule has 4 atom stereocenters. The van der Waals surface area contributed by atoms with Crippen LogP contribution < -0.4 is 5.32 Å². The molecule has 0 saturated carbocycles. The van der Waals surface area contributed by atoms with Crippen LogP contribution in [0.5, 0.6) is 0 Å². The van der Waals surface area contributed by atoms with Crippen molar-refractivity contribution in [3.63, 3.8) is 0 Å². The maximum atomic E-state index is 13.2. The quantitative estimate of drug-likeness (QED) is 0.599. The molecule has 0 bridgehead atoms. The van der Waals surface area contributed by atoms with Gasteiger partial charge in [-0.15, -0.1) is 0 Å². The van der Waals surface area contributed by atoms with Crippen LogP contribution in [0, 0.1) is 11.8 Å². The van der Waals surface area contributed by atoms with E-state index in [0.29, 0.717) is 6.54 Å². The largest absolute Gasteiger partial charge is 0.481 e. The summed E-state index contributed by atoms with van der Waals surface area (Å²) in [5.74, 6) is -2.56. The molecular weight excluding hydrogens is 448 g/mol. The van der Waals surface area contributed by atoms with Gasteiger partial charge in [-0.3, -0.25) is 9.59 Å². The number of aliphatic carboxylic acids is 1. The Morgan fingerprint density at radius 3 is 2.23 bits per heavy atom. The van der Waals surface area contributed by atoms with E-state index < -0.39 is 36.0 Å². The number of hydrogen-bond donors (Lipinski definition) is 2. The Labute approximate surface area is 205 Å². The minimum absolute atomic E-state index is 0.0478. The summed E-state index contributed by atoms with van der Waals surface area (Å²) in [5.41, 5.74) is 4.56. The molecule has 1 heterocycles. The molecule has 1 saturated heterocycles. The zero-order chi connectivity index (χ0) is 25.1. The van der Waals surface area contributed by atoms with Gasteiger partial charge < -0.3 is 24.8 Å². The van der Waals surface area contributed by atoms with E-state index in [2.05, 4.69) is 29.6 Å². The summed E-state index contributed by atoms with van der Waals surface area (Å²) >= 11 is 0. The predicted octanol–water partition coefficient (Wildman–Crippen LogP) is 3.50. The lowest BCUT2D eigenvalue weighted by molar-refractivity contribution is -0.146. The second-order valence-corrected chi connectivity index (χ2v) is 9.22. The molecule has 35 heavy (non-hydrogen) atoms. The van der Waals surface area contributed by atoms with E-state index in [9.17, 15) is 19.5 Å². The van der Waals surface area contributed by atoms with E-state index in [1.807, 2.05) is 31.2 Å². The zero-order valence-corrected chi connectivity index (χ0v) is 20.3. The van der Waals surface area contributed by atoms with E-state index >= 15 is 0 Å². The summed E-state index contributed by atoms with van der Waals surface area (Å²) in [6.45, 7) is 6.12. The summed E-state index contributed by atoms with van der Waals surface area (Å²) in [6, 6.07) is 15.2. The Morgan fingerprint density at radius 2 is 1.66 bits per heavy atom. The highest BCUT2D eigenvalue weighted by Crippen LogP contribution is 2.44. The first kappa shape index (κ1) is 24.7. The van der Waals surface area contributed by atoms with Gasteiger partial charge >= 0.3 is 12.1 Å². The van der Waals surface area contributed by atoms with Gasteiger partial charge in [-0.1, -0.05) is 55.5 Å². The lowest BCUT2D eigenvalue weighted by Crippen LogP contribution is -2.52. The maximum Gasteiger partial charge on any atom is 0.407 e. The van der Waals surface area contributed by atoms with E-state index in [4.69, 9.17) is 9.47 Å². The fraction of sp³-hybridized carbons (Fsp3) is 0.444. The lowest BCUT2D eigenvalue weighted by atomic mass is 9.97. The number of fused-ring (bicyclic) bond motifs is 3. The number of nitrogens with one attached hydrogen (secondary N) is 1. The number of carboxylic acids is 1. The van der Waals surface area contributed by atoms with E-state index in [1.54, 1.807) is 18.7 Å². The molecule has 0 spiro atoms. The number of carbonyl (C=O) groups is 3. The second kappa shape index (κ2) is 10.5. The molecule has 2 amide bonds. The number of benzene rings is 2. The van der Waals surface area contributed by atoms with Gasteiger partial charge in [0.25, 0.3) is 0 Å². The number of ether oxygens (including phenoxy) is 2. The summed E-state index contributed by atoms with van der Waals surface area (Å²) in [4.78, 5) is 38.9. The summed E-state index contributed by atoms with van der Waals surface area (Å²) in [5, 5.41) is 12.2. The Bertz CT molecular complexity index is 1060. The van der Waals surface area contributed by atoms with E-state index in [-0.39, 0.29) is 31.6 Å². The average Bonchev–Trinajstić information content (AvgIpc) is 3.46. The monoisotopic (exact) mass is 480 g/mol. The molecule has 1 aliphatic heterocycles. The molecule has 8 heteroatoms. The van der Waals surface area contributed by atoms with Gasteiger partial charge in [0.1, 0.15) is 12.5 Å². The normalized spacial score (nSPS) is 20.4. The number of rotatable bonds is 8. The first-order valence-electron chi connectivity index (χ1n) is 12.1. The van der Waals surface area contributed by atoms with Crippen molar-refractivity contribution in [1.29, 1.82) is 0 Å². The van der Waals surface area contributed by atoms with Crippen LogP contribution in [0.4, 0.5) is 4.79 Å². The molecule has 2 aromatic rings. The van der Waals surface area contributed by atoms with Crippen molar-refractivity contribution in [2.75, 3.05) is 26.4 Å². The number of carboxylic acid groups (broad SMARTS) is 1. The van der Waals surface area contributed by atoms with Gasteiger partial charge in [-0.05, 0) is 36.1 Å². The van der Waals surface area contributed by atoms with Crippen molar-refractivity contribution in [3.05, 3.63) is 59.7 Å². The first-order chi connectivity index (χ1) is 16.8. The Balaban J connectivity index is 1.36. The highest BCUT2D eigenvalue weighted by molar-refractivity contribution is 5.82. The Kier molecular flexibility index (Phi) is 7.40. The molecule has 4 unspecified atom stereocenters. The van der Waals surface area contributed by atoms with Crippen LogP contribution in [0.15, 0.2) is 48.5 Å². The highest BCUT2D eigenvalue weighted by atomic mass is 16.5. The third-order valence-electron chi connectivity index (χ3n) is 7.22. The molecule has 0 radical (unpaired) electrons. The third kappa shape index (κ3) is 4.89. The van der Waals surface area contributed by atoms with Gasteiger partial charge in [0.05, 0.1) is 25.2 Å². The molecule has 1 aliphatic carbocycles. The Morgan fingerprint density at radius 1 is 1.06 bits per heavy atom. The smallest absolute Gasteiger partial charge is 0.407 e. The zero-order valence-electron chi connectivity index (χ0n) is 20.3. The van der Waals surface area contributed by atoms with Crippen molar-refractivity contribution >= 4 is 18.0 Å². The van der Waals surface area contributed by atoms with E-state index in [1.165, 1.54) is 0 Å². The molecular formula is C27H32N2O6. The molecule has 2 aromatic carbocycles. The third-order valence-corrected chi connectivity index (χ3v) is 7.22. The first-order valence-corrected chi connectivity index (χ1v) is 12.1. The van der Waals surface area contributed by atoms with Crippen molar-refractivity contribution in [3.8, 4) is 11.1 Å². The molecule has 2 aliphatic rings. The average molecular weight is 481 g/mol. The molecule has 1 fully saturated rings. The summed E-state index contributed by atoms with van der Waals surface area (Å²) in [6.07, 6.45) is -0.588. The number of nitrogens with zero attached hydrogens (tertiary/aromatic N) is 1. The van der Waals surface area contributed by atoms with Crippen LogP contribution in [-0.4, -0.2) is 66.4 Å². The summed E-state index contributed by atoms with van der Waals surface area (Å²) < 4.78 is 10.9. The van der Waals surface area contributed by atoms with Gasteiger partial charge in [0.2, 0.25) is 5.91 Å². The maximum absolute atomic E-state index is 13.2. The minimum Gasteiger partial charge on any atom is -0.481 e. The fourth-order valence-electron chi connectivity index (χ4n) is 5.07. The van der Waals surface area contributed by atoms with Crippen LogP contribution in [0.2, 0.25) is 0 Å². The van der Waals surface area contributed by atoms with Crippen molar-refractivity contribution < 1.29 is 29.0 Å². The van der Waals surface area contributed by atoms with Crippen LogP contribution in [0.1, 0.15) is 37.8 Å². The van der Waals surface area contributed by atoms with Crippen LogP contribution in [0.25, 0.3) is 11.1 Å². The molecule has 0 aromatic heterocycles. The van der Waals surface area contributed by atoms with Gasteiger partial charge in [-0.2, -0.15) is 0 Å². The second-order valence-electron chi connectivity index (χ2n) is 9.22. The fourth-order valence-corrected chi connectivity index (χ4v) is 5.07. The van der Waals surface area contributed by atoms with Gasteiger partial charge in [-0.25, -0.2) is 4.79 Å². The van der Waals surface area contributed by atoms with Gasteiger partial charge in [0.15, 0.2) is 0 Å². The summed E-state index contributed by atoms with van der Waals surface area (Å²) in [7, 11) is 0. The van der Waals surface area contributed by atoms with Crippen LogP contribution in [-0.2, 0) is 19.1 Å². The van der Waals surface area contributed by atoms with Crippen LogP contribution in [0.3, 0.4) is 0 Å². The highest BCUT2D eigenvalue weighted by Gasteiger charge is 2.41. The van der Waals surface area contributed by atoms with Gasteiger partial charge in [0, 0.05) is 18.5 Å². The molecule has 4 rings (SSSR count). The number of alkyl carbamates (subject to hydrolysis) is 1.